The molecule has 5 aromatic rings. The lowest BCUT2D eigenvalue weighted by Crippen LogP contribution is -2.13. The number of nitrogens with zero attached hydrogens (tertiary/aromatic N) is 1. The minimum Gasteiger partial charge on any atom is -0.489 e. The van der Waals surface area contributed by atoms with Crippen LogP contribution in [0.2, 0.25) is 0 Å². The van der Waals surface area contributed by atoms with Crippen LogP contribution in [-0.2, 0) is 31.0 Å². The van der Waals surface area contributed by atoms with E-state index in [1.165, 1.54) is 0 Å². The lowest BCUT2D eigenvalue weighted by atomic mass is 10.2. The van der Waals surface area contributed by atoms with Gasteiger partial charge in [0.25, 0.3) is 0 Å². The van der Waals surface area contributed by atoms with Gasteiger partial charge in [0.1, 0.15) is 49.4 Å². The number of fused-ring (bicyclic) bond motifs is 6. The van der Waals surface area contributed by atoms with Crippen LogP contribution in [0.1, 0.15) is 22.5 Å². The molecule has 0 spiro atoms. The molecule has 0 amide bonds. The number of rotatable bonds is 0. The number of aromatic nitrogens is 1. The molecule has 8 nitrogen and oxygen atoms in total. The summed E-state index contributed by atoms with van der Waals surface area (Å²) in [6, 6.07) is 37.7. The van der Waals surface area contributed by atoms with E-state index in [9.17, 15) is 0 Å². The van der Waals surface area contributed by atoms with Gasteiger partial charge in [-0.15, -0.1) is 0 Å². The van der Waals surface area contributed by atoms with Crippen molar-refractivity contribution in [3.05, 3.63) is 138 Å². The van der Waals surface area contributed by atoms with Gasteiger partial charge in [-0.05, 0) is 48.5 Å². The molecule has 45 heavy (non-hydrogen) atoms. The van der Waals surface area contributed by atoms with E-state index in [0.717, 1.165) is 56.9 Å². The van der Waals surface area contributed by atoms with Crippen molar-refractivity contribution in [3.63, 3.8) is 0 Å². The molecular formula is C37H37N3O5. The molecule has 2 bridgehead atoms. The first kappa shape index (κ1) is 29.8. The summed E-state index contributed by atoms with van der Waals surface area (Å²) in [5, 5.41) is 7.00. The van der Waals surface area contributed by atoms with Crippen molar-refractivity contribution in [2.24, 2.45) is 0 Å². The van der Waals surface area contributed by atoms with Gasteiger partial charge in [-0.25, -0.2) is 0 Å². The Morgan fingerprint density at radius 1 is 0.422 bits per heavy atom. The number of hydrogen-bond donors (Lipinski definition) is 2. The molecule has 0 atom stereocenters. The fourth-order valence-electron chi connectivity index (χ4n) is 4.96. The Labute approximate surface area is 263 Å². The molecule has 2 N–H and O–H groups in total. The maximum atomic E-state index is 6.25. The van der Waals surface area contributed by atoms with Crippen LogP contribution in [0.15, 0.2) is 115 Å². The Bertz CT molecular complexity index is 1560. The van der Waals surface area contributed by atoms with Crippen LogP contribution in [0.4, 0.5) is 11.4 Å². The smallest absolute Gasteiger partial charge is 0.142 e. The third kappa shape index (κ3) is 8.46. The first-order valence-electron chi connectivity index (χ1n) is 15.2. The van der Waals surface area contributed by atoms with Gasteiger partial charge in [-0.2, -0.15) is 0 Å². The van der Waals surface area contributed by atoms with Crippen molar-refractivity contribution in [2.75, 3.05) is 37.1 Å². The second-order valence-electron chi connectivity index (χ2n) is 10.4. The number of benzene rings is 4. The fourth-order valence-corrected chi connectivity index (χ4v) is 4.96. The molecular weight excluding hydrogens is 566 g/mol. The van der Waals surface area contributed by atoms with E-state index in [2.05, 4.69) is 22.8 Å². The van der Waals surface area contributed by atoms with Crippen LogP contribution >= 0.6 is 0 Å². The van der Waals surface area contributed by atoms with E-state index in [1.54, 1.807) is 0 Å². The quantitative estimate of drug-likeness (QED) is 0.192. The molecule has 2 heterocycles. The van der Waals surface area contributed by atoms with Gasteiger partial charge in [0, 0.05) is 24.2 Å². The van der Waals surface area contributed by atoms with Crippen LogP contribution in [0.25, 0.3) is 0 Å². The lowest BCUT2D eigenvalue weighted by Gasteiger charge is -2.17. The first-order valence-corrected chi connectivity index (χ1v) is 15.2. The molecule has 1 aliphatic heterocycles. The van der Waals surface area contributed by atoms with Crippen LogP contribution in [0.3, 0.4) is 0 Å². The average Bonchev–Trinajstić information content (AvgIpc) is 3.09. The zero-order chi connectivity index (χ0) is 30.5. The number of nitrogens with one attached hydrogen (secondary N) is 2. The van der Waals surface area contributed by atoms with E-state index in [0.29, 0.717) is 52.7 Å². The molecule has 0 aliphatic carbocycles. The number of ether oxygens (including phenoxy) is 5. The van der Waals surface area contributed by atoms with Gasteiger partial charge in [0.15, 0.2) is 0 Å². The number of pyridine rings is 1. The summed E-state index contributed by atoms with van der Waals surface area (Å²) >= 11 is 0. The molecule has 0 unspecified atom stereocenters. The Balaban J connectivity index is 1.20. The number of anilines is 2. The summed E-state index contributed by atoms with van der Waals surface area (Å²) in [7, 11) is 0. The molecule has 1 aromatic heterocycles. The van der Waals surface area contributed by atoms with Crippen molar-refractivity contribution in [1.82, 2.24) is 4.98 Å². The number of hydrogen-bond acceptors (Lipinski definition) is 8. The molecule has 0 fully saturated rings. The van der Waals surface area contributed by atoms with E-state index >= 15 is 0 Å². The zero-order valence-corrected chi connectivity index (χ0v) is 25.1. The third-order valence-electron chi connectivity index (χ3n) is 7.24. The predicted molar refractivity (Wildman–Crippen MR) is 175 cm³/mol. The standard InChI is InChI=1S/C37H37N3O5/c1-5-16-34-28(10-1)24-38-32-14-3-7-18-36(32)42-22-20-41-21-23-43-37-19-8-4-15-33(37)39-25-29-11-2-6-17-35(29)45-27-31-13-9-12-30(40-31)26-44-34/h1-19,38-39H,20-27H2. The van der Waals surface area contributed by atoms with Crippen LogP contribution < -0.4 is 29.6 Å². The maximum Gasteiger partial charge on any atom is 0.142 e. The van der Waals surface area contributed by atoms with Crippen molar-refractivity contribution >= 4 is 11.4 Å². The largest absolute Gasteiger partial charge is 0.489 e. The van der Waals surface area contributed by atoms with Crippen LogP contribution in [0.5, 0.6) is 23.0 Å². The topological polar surface area (TPSA) is 83.1 Å². The summed E-state index contributed by atoms with van der Waals surface area (Å²) < 4.78 is 30.4. The van der Waals surface area contributed by atoms with E-state index in [1.807, 2.05) is 103 Å². The summed E-state index contributed by atoms with van der Waals surface area (Å²) in [5.74, 6) is 3.13. The minimum absolute atomic E-state index is 0.340. The van der Waals surface area contributed by atoms with Crippen LogP contribution in [0, 0.1) is 0 Å². The average molecular weight is 604 g/mol. The monoisotopic (exact) mass is 603 g/mol. The molecule has 4 aromatic carbocycles. The molecule has 0 saturated carbocycles. The zero-order valence-electron chi connectivity index (χ0n) is 25.1. The second-order valence-corrected chi connectivity index (χ2v) is 10.4. The predicted octanol–water partition coefficient (Wildman–Crippen LogP) is 7.25. The summed E-state index contributed by atoms with van der Waals surface area (Å²) in [6.07, 6.45) is 0. The van der Waals surface area contributed by atoms with Gasteiger partial charge in [-0.1, -0.05) is 66.7 Å². The summed E-state index contributed by atoms with van der Waals surface area (Å²) in [5.41, 5.74) is 5.52. The second kappa shape index (κ2) is 15.5. The fraction of sp³-hybridized carbons (Fsp3) is 0.216. The highest BCUT2D eigenvalue weighted by Crippen LogP contribution is 2.28. The molecule has 0 saturated heterocycles. The highest BCUT2D eigenvalue weighted by atomic mass is 16.5. The van der Waals surface area contributed by atoms with Crippen molar-refractivity contribution in [3.8, 4) is 23.0 Å². The van der Waals surface area contributed by atoms with Crippen molar-refractivity contribution < 1.29 is 23.7 Å². The Kier molecular flexibility index (Phi) is 10.3. The Morgan fingerprint density at radius 3 is 1.38 bits per heavy atom. The van der Waals surface area contributed by atoms with Crippen LogP contribution in [-0.4, -0.2) is 31.4 Å². The van der Waals surface area contributed by atoms with Gasteiger partial charge in [-0.3, -0.25) is 4.98 Å². The Hall–Kier alpha value is -5.21. The Morgan fingerprint density at radius 2 is 0.867 bits per heavy atom. The first-order chi connectivity index (χ1) is 22.3. The highest BCUT2D eigenvalue weighted by molar-refractivity contribution is 5.57. The van der Waals surface area contributed by atoms with E-state index < -0.39 is 0 Å². The molecule has 230 valence electrons. The highest BCUT2D eigenvalue weighted by Gasteiger charge is 2.10. The third-order valence-corrected chi connectivity index (χ3v) is 7.24. The summed E-state index contributed by atoms with van der Waals surface area (Å²) in [6.45, 7) is 3.55. The normalized spacial score (nSPS) is 14.5. The minimum atomic E-state index is 0.340. The number of para-hydroxylation sites is 6. The molecule has 8 heteroatoms. The van der Waals surface area contributed by atoms with Gasteiger partial charge in [0.2, 0.25) is 0 Å². The van der Waals surface area contributed by atoms with E-state index in [4.69, 9.17) is 28.7 Å². The SMILES string of the molecule is c1cc2nc(c1)COc1ccccc1CNc1ccccc1OCCOCCOc1ccccc1NCc1ccccc1OC2. The molecule has 1 aliphatic rings. The maximum absolute atomic E-state index is 6.25. The van der Waals surface area contributed by atoms with E-state index in [-0.39, 0.29) is 0 Å². The lowest BCUT2D eigenvalue weighted by molar-refractivity contribution is 0.0767. The van der Waals surface area contributed by atoms with Crippen molar-refractivity contribution in [2.45, 2.75) is 26.3 Å². The van der Waals surface area contributed by atoms with Gasteiger partial charge < -0.3 is 34.3 Å². The van der Waals surface area contributed by atoms with Crippen molar-refractivity contribution in [1.29, 1.82) is 0 Å². The van der Waals surface area contributed by atoms with Gasteiger partial charge >= 0.3 is 0 Å². The molecule has 0 radical (unpaired) electrons. The molecule has 6 rings (SSSR count). The van der Waals surface area contributed by atoms with Gasteiger partial charge in [0.05, 0.1) is 36.0 Å². The summed E-state index contributed by atoms with van der Waals surface area (Å²) in [4.78, 5) is 4.80.